The van der Waals surface area contributed by atoms with Crippen LogP contribution in [0.25, 0.3) is 0 Å². The summed E-state index contributed by atoms with van der Waals surface area (Å²) in [4.78, 5) is 11.6. The van der Waals surface area contributed by atoms with Crippen LogP contribution in [0.3, 0.4) is 0 Å². The summed E-state index contributed by atoms with van der Waals surface area (Å²) in [5, 5.41) is 2.79. The molecule has 4 heteroatoms. The molecule has 4 nitrogen and oxygen atoms in total. The summed E-state index contributed by atoms with van der Waals surface area (Å²) in [6.07, 6.45) is 3.79. The number of amides is 1. The van der Waals surface area contributed by atoms with Crippen LogP contribution < -0.4 is 11.1 Å². The predicted octanol–water partition coefficient (Wildman–Crippen LogP) is 2.80. The van der Waals surface area contributed by atoms with Crippen molar-refractivity contribution in [3.63, 3.8) is 0 Å². The summed E-state index contributed by atoms with van der Waals surface area (Å²) in [6, 6.07) is 7.15. The van der Waals surface area contributed by atoms with Gasteiger partial charge in [-0.2, -0.15) is 0 Å². The molecule has 1 aromatic carbocycles. The van der Waals surface area contributed by atoms with Crippen molar-refractivity contribution < 1.29 is 9.53 Å². The van der Waals surface area contributed by atoms with E-state index >= 15 is 0 Å². The molecule has 0 aliphatic rings. The van der Waals surface area contributed by atoms with Gasteiger partial charge in [0, 0.05) is 18.0 Å². The lowest BCUT2D eigenvalue weighted by atomic mass is 10.2. The van der Waals surface area contributed by atoms with Gasteiger partial charge in [0.15, 0.2) is 0 Å². The van der Waals surface area contributed by atoms with Crippen molar-refractivity contribution in [2.24, 2.45) is 0 Å². The second kappa shape index (κ2) is 8.53. The molecule has 1 rings (SSSR count). The Labute approximate surface area is 109 Å². The van der Waals surface area contributed by atoms with E-state index in [1.54, 1.807) is 12.1 Å². The first kappa shape index (κ1) is 14.5. The summed E-state index contributed by atoms with van der Waals surface area (Å²) < 4.78 is 5.38. The summed E-state index contributed by atoms with van der Waals surface area (Å²) in [6.45, 7) is 3.36. The van der Waals surface area contributed by atoms with E-state index in [-0.39, 0.29) is 5.91 Å². The number of carbonyl (C=O) groups is 1. The zero-order chi connectivity index (χ0) is 13.2. The summed E-state index contributed by atoms with van der Waals surface area (Å²) in [5.41, 5.74) is 7.00. The quantitative estimate of drug-likeness (QED) is 0.551. The van der Waals surface area contributed by atoms with Crippen LogP contribution in [0, 0.1) is 0 Å². The molecule has 0 aromatic heterocycles. The van der Waals surface area contributed by atoms with Crippen LogP contribution in [-0.4, -0.2) is 19.1 Å². The van der Waals surface area contributed by atoms with Crippen LogP contribution in [0.4, 0.5) is 11.4 Å². The first-order valence-electron chi connectivity index (χ1n) is 6.45. The molecule has 3 N–H and O–H groups in total. The first-order valence-corrected chi connectivity index (χ1v) is 6.45. The smallest absolute Gasteiger partial charge is 0.226 e. The number of nitrogens with two attached hydrogens (primary N) is 1. The van der Waals surface area contributed by atoms with Gasteiger partial charge in [-0.3, -0.25) is 4.79 Å². The molecule has 0 bridgehead atoms. The summed E-state index contributed by atoms with van der Waals surface area (Å²) >= 11 is 0. The number of ether oxygens (including phenoxy) is 1. The lowest BCUT2D eigenvalue weighted by Crippen LogP contribution is -2.14. The molecule has 1 aromatic rings. The number of rotatable bonds is 8. The number of carbonyl (C=O) groups excluding carboxylic acids is 1. The molecule has 0 atom stereocenters. The fourth-order valence-corrected chi connectivity index (χ4v) is 1.56. The Kier molecular flexibility index (Phi) is 6.87. The van der Waals surface area contributed by atoms with E-state index < -0.39 is 0 Å². The van der Waals surface area contributed by atoms with Crippen LogP contribution in [0.2, 0.25) is 0 Å². The fourth-order valence-electron chi connectivity index (χ4n) is 1.56. The number of unbranched alkanes of at least 4 members (excludes halogenated alkanes) is 2. The molecule has 0 fully saturated rings. The second-order valence-corrected chi connectivity index (χ2v) is 4.24. The largest absolute Gasteiger partial charge is 0.399 e. The summed E-state index contributed by atoms with van der Waals surface area (Å²) in [7, 11) is 0. The topological polar surface area (TPSA) is 64.3 Å². The fraction of sp³-hybridized carbons (Fsp3) is 0.500. The molecule has 0 unspecified atom stereocenters. The second-order valence-electron chi connectivity index (χ2n) is 4.24. The minimum atomic E-state index is -0.0453. The predicted molar refractivity (Wildman–Crippen MR) is 74.4 cm³/mol. The van der Waals surface area contributed by atoms with Crippen molar-refractivity contribution in [3.05, 3.63) is 24.3 Å². The van der Waals surface area contributed by atoms with Crippen molar-refractivity contribution in [2.45, 2.75) is 32.6 Å². The molecular formula is C14H22N2O2. The number of nitrogen functional groups attached to an aromatic ring is 1. The first-order chi connectivity index (χ1) is 8.72. The maximum atomic E-state index is 11.6. The Morgan fingerprint density at radius 2 is 2.17 bits per heavy atom. The highest BCUT2D eigenvalue weighted by Gasteiger charge is 2.02. The number of hydrogen-bond acceptors (Lipinski definition) is 3. The van der Waals surface area contributed by atoms with Crippen molar-refractivity contribution in [2.75, 3.05) is 24.3 Å². The van der Waals surface area contributed by atoms with Crippen molar-refractivity contribution in [1.29, 1.82) is 0 Å². The molecular weight excluding hydrogens is 228 g/mol. The zero-order valence-electron chi connectivity index (χ0n) is 10.9. The van der Waals surface area contributed by atoms with Gasteiger partial charge in [0.05, 0.1) is 13.0 Å². The number of benzene rings is 1. The molecule has 100 valence electrons. The average molecular weight is 250 g/mol. The van der Waals surface area contributed by atoms with Crippen molar-refractivity contribution in [1.82, 2.24) is 0 Å². The van der Waals surface area contributed by atoms with Gasteiger partial charge >= 0.3 is 0 Å². The Bertz CT molecular complexity index is 367. The van der Waals surface area contributed by atoms with Gasteiger partial charge in [-0.1, -0.05) is 25.8 Å². The van der Waals surface area contributed by atoms with Gasteiger partial charge in [0.1, 0.15) is 0 Å². The Morgan fingerprint density at radius 1 is 1.33 bits per heavy atom. The average Bonchev–Trinajstić information content (AvgIpc) is 2.33. The van der Waals surface area contributed by atoms with Gasteiger partial charge in [0.25, 0.3) is 0 Å². The maximum Gasteiger partial charge on any atom is 0.226 e. The zero-order valence-corrected chi connectivity index (χ0v) is 10.9. The van der Waals surface area contributed by atoms with E-state index in [1.807, 2.05) is 12.1 Å². The van der Waals surface area contributed by atoms with Gasteiger partial charge in [-0.15, -0.1) is 0 Å². The van der Waals surface area contributed by atoms with E-state index in [2.05, 4.69) is 12.2 Å². The van der Waals surface area contributed by atoms with Crippen molar-refractivity contribution in [3.8, 4) is 0 Å². The van der Waals surface area contributed by atoms with Crippen LogP contribution in [0.15, 0.2) is 24.3 Å². The summed E-state index contributed by atoms with van der Waals surface area (Å²) in [5.74, 6) is -0.0453. The number of hydrogen-bond donors (Lipinski definition) is 2. The monoisotopic (exact) mass is 250 g/mol. The highest BCUT2D eigenvalue weighted by molar-refractivity contribution is 5.91. The highest BCUT2D eigenvalue weighted by atomic mass is 16.5. The molecule has 0 aliphatic heterocycles. The lowest BCUT2D eigenvalue weighted by molar-refractivity contribution is -0.117. The molecule has 18 heavy (non-hydrogen) atoms. The van der Waals surface area contributed by atoms with Gasteiger partial charge in [-0.05, 0) is 24.6 Å². The standard InChI is InChI=1S/C14H22N2O2/c1-2-3-4-9-18-10-8-14(17)16-13-7-5-6-12(15)11-13/h5-7,11H,2-4,8-10,15H2,1H3,(H,16,17). The number of anilines is 2. The third-order valence-corrected chi connectivity index (χ3v) is 2.54. The molecule has 0 aliphatic carbocycles. The molecule has 0 saturated carbocycles. The van der Waals surface area contributed by atoms with Gasteiger partial charge < -0.3 is 15.8 Å². The van der Waals surface area contributed by atoms with Crippen LogP contribution in [0.5, 0.6) is 0 Å². The van der Waals surface area contributed by atoms with E-state index in [0.29, 0.717) is 18.7 Å². The lowest BCUT2D eigenvalue weighted by Gasteiger charge is -2.06. The van der Waals surface area contributed by atoms with Crippen LogP contribution in [0.1, 0.15) is 32.6 Å². The highest BCUT2D eigenvalue weighted by Crippen LogP contribution is 2.11. The normalized spacial score (nSPS) is 10.3. The minimum Gasteiger partial charge on any atom is -0.399 e. The maximum absolute atomic E-state index is 11.6. The number of nitrogens with one attached hydrogen (secondary N) is 1. The third kappa shape index (κ3) is 6.25. The Balaban J connectivity index is 2.14. The Hall–Kier alpha value is -1.55. The van der Waals surface area contributed by atoms with E-state index in [4.69, 9.17) is 10.5 Å². The SMILES string of the molecule is CCCCCOCCC(=O)Nc1cccc(N)c1. The molecule has 1 amide bonds. The minimum absolute atomic E-state index is 0.0453. The van der Waals surface area contributed by atoms with E-state index in [9.17, 15) is 4.79 Å². The molecule has 0 saturated heterocycles. The van der Waals surface area contributed by atoms with E-state index in [1.165, 1.54) is 12.8 Å². The van der Waals surface area contributed by atoms with E-state index in [0.717, 1.165) is 18.7 Å². The van der Waals surface area contributed by atoms with Crippen LogP contribution >= 0.6 is 0 Å². The molecule has 0 heterocycles. The van der Waals surface area contributed by atoms with Crippen molar-refractivity contribution >= 4 is 17.3 Å². The molecule has 0 spiro atoms. The van der Waals surface area contributed by atoms with Crippen LogP contribution in [-0.2, 0) is 9.53 Å². The van der Waals surface area contributed by atoms with Gasteiger partial charge in [-0.25, -0.2) is 0 Å². The van der Waals surface area contributed by atoms with Gasteiger partial charge in [0.2, 0.25) is 5.91 Å². The molecule has 0 radical (unpaired) electrons. The third-order valence-electron chi connectivity index (χ3n) is 2.54. The Morgan fingerprint density at radius 3 is 2.89 bits per heavy atom.